The van der Waals surface area contributed by atoms with Crippen molar-refractivity contribution in [3.8, 4) is 0 Å². The topological polar surface area (TPSA) is 42.0 Å². The number of carbonyl (C=O) groups is 1. The Hall–Kier alpha value is -1.20. The second-order valence-corrected chi connectivity index (χ2v) is 7.54. The maximum atomic E-state index is 12.2. The van der Waals surface area contributed by atoms with Gasteiger partial charge in [-0.15, -0.1) is 22.7 Å². The normalized spacial score (nSPS) is 11.1. The van der Waals surface area contributed by atoms with Gasteiger partial charge in [-0.05, 0) is 32.4 Å². The number of aromatic nitrogens is 1. The van der Waals surface area contributed by atoms with Gasteiger partial charge in [-0.1, -0.05) is 13.8 Å². The van der Waals surface area contributed by atoms with E-state index in [9.17, 15) is 4.79 Å². The van der Waals surface area contributed by atoms with Gasteiger partial charge in [-0.3, -0.25) is 4.79 Å². The van der Waals surface area contributed by atoms with Gasteiger partial charge in [0.25, 0.3) is 5.91 Å². The third kappa shape index (κ3) is 3.67. The molecule has 5 heteroatoms. The van der Waals surface area contributed by atoms with E-state index in [0.717, 1.165) is 22.0 Å². The molecule has 2 heterocycles. The van der Waals surface area contributed by atoms with Crippen LogP contribution in [0.15, 0.2) is 12.1 Å². The number of hydrogen-bond acceptors (Lipinski definition) is 4. The van der Waals surface area contributed by atoms with Gasteiger partial charge in [0.05, 0.1) is 10.7 Å². The fraction of sp³-hybridized carbons (Fsp3) is 0.467. The molecule has 0 radical (unpaired) electrons. The second-order valence-electron chi connectivity index (χ2n) is 5.14. The molecular formula is C15H20N2OS2. The Kier molecular flexibility index (Phi) is 4.94. The Morgan fingerprint density at radius 1 is 1.30 bits per heavy atom. The van der Waals surface area contributed by atoms with Crippen molar-refractivity contribution >= 4 is 28.6 Å². The minimum Gasteiger partial charge on any atom is -0.351 e. The Labute approximate surface area is 128 Å². The Morgan fingerprint density at radius 3 is 2.60 bits per heavy atom. The van der Waals surface area contributed by atoms with Gasteiger partial charge in [-0.2, -0.15) is 0 Å². The highest BCUT2D eigenvalue weighted by Gasteiger charge is 2.16. The molecule has 0 unspecified atom stereocenters. The van der Waals surface area contributed by atoms with E-state index in [0.29, 0.717) is 12.5 Å². The van der Waals surface area contributed by atoms with Crippen LogP contribution in [0.2, 0.25) is 0 Å². The molecule has 2 aromatic heterocycles. The summed E-state index contributed by atoms with van der Waals surface area (Å²) in [6.45, 7) is 8.87. The largest absolute Gasteiger partial charge is 0.351 e. The molecule has 0 aliphatic carbocycles. The van der Waals surface area contributed by atoms with Crippen LogP contribution in [0.5, 0.6) is 0 Å². The molecule has 0 aromatic carbocycles. The van der Waals surface area contributed by atoms with E-state index in [4.69, 9.17) is 0 Å². The lowest BCUT2D eigenvalue weighted by atomic mass is 10.2. The van der Waals surface area contributed by atoms with E-state index in [-0.39, 0.29) is 5.91 Å². The quantitative estimate of drug-likeness (QED) is 0.909. The van der Waals surface area contributed by atoms with Crippen molar-refractivity contribution in [3.05, 3.63) is 37.5 Å². The summed E-state index contributed by atoms with van der Waals surface area (Å²) >= 11 is 3.29. The fourth-order valence-corrected chi connectivity index (χ4v) is 3.75. The third-order valence-electron chi connectivity index (χ3n) is 2.97. The van der Waals surface area contributed by atoms with Crippen molar-refractivity contribution in [1.29, 1.82) is 0 Å². The Balaban J connectivity index is 1.91. The summed E-state index contributed by atoms with van der Waals surface area (Å²) in [6.07, 6.45) is 0.888. The standard InChI is InChI=1S/C15H20N2OS2/c1-9(2)15-17-11(4)13(20-15)14(18)16-8-7-12-6-5-10(3)19-12/h5-6,9H,7-8H2,1-4H3,(H,16,18). The second kappa shape index (κ2) is 6.50. The van der Waals surface area contributed by atoms with E-state index in [1.807, 2.05) is 6.92 Å². The van der Waals surface area contributed by atoms with Gasteiger partial charge in [0.15, 0.2) is 0 Å². The average molecular weight is 308 g/mol. The monoisotopic (exact) mass is 308 g/mol. The molecule has 0 saturated heterocycles. The predicted molar refractivity (Wildman–Crippen MR) is 86.0 cm³/mol. The van der Waals surface area contributed by atoms with Crippen molar-refractivity contribution in [1.82, 2.24) is 10.3 Å². The van der Waals surface area contributed by atoms with Gasteiger partial charge >= 0.3 is 0 Å². The number of aryl methyl sites for hydroxylation is 2. The van der Waals surface area contributed by atoms with Crippen molar-refractivity contribution in [2.75, 3.05) is 6.54 Å². The van der Waals surface area contributed by atoms with Gasteiger partial charge in [0.1, 0.15) is 4.88 Å². The van der Waals surface area contributed by atoms with Crippen LogP contribution in [0.3, 0.4) is 0 Å². The highest BCUT2D eigenvalue weighted by molar-refractivity contribution is 7.14. The number of rotatable bonds is 5. The molecule has 0 fully saturated rings. The molecule has 2 rings (SSSR count). The first kappa shape index (κ1) is 15.2. The van der Waals surface area contributed by atoms with E-state index >= 15 is 0 Å². The highest BCUT2D eigenvalue weighted by Crippen LogP contribution is 2.24. The van der Waals surface area contributed by atoms with E-state index in [2.05, 4.69) is 43.2 Å². The number of hydrogen-bond donors (Lipinski definition) is 1. The van der Waals surface area contributed by atoms with Crippen molar-refractivity contribution in [2.24, 2.45) is 0 Å². The molecule has 20 heavy (non-hydrogen) atoms. The molecular weight excluding hydrogens is 288 g/mol. The van der Waals surface area contributed by atoms with Crippen molar-refractivity contribution in [3.63, 3.8) is 0 Å². The molecule has 0 spiro atoms. The summed E-state index contributed by atoms with van der Waals surface area (Å²) in [5.41, 5.74) is 0.836. The molecule has 3 nitrogen and oxygen atoms in total. The van der Waals surface area contributed by atoms with Gasteiger partial charge in [0, 0.05) is 22.2 Å². The summed E-state index contributed by atoms with van der Waals surface area (Å²) < 4.78 is 0. The first-order chi connectivity index (χ1) is 9.47. The summed E-state index contributed by atoms with van der Waals surface area (Å²) in [6, 6.07) is 4.24. The maximum absolute atomic E-state index is 12.2. The number of nitrogens with one attached hydrogen (secondary N) is 1. The maximum Gasteiger partial charge on any atom is 0.263 e. The molecule has 1 N–H and O–H groups in total. The summed E-state index contributed by atoms with van der Waals surface area (Å²) in [5, 5.41) is 4.02. The van der Waals surface area contributed by atoms with Crippen LogP contribution >= 0.6 is 22.7 Å². The zero-order valence-corrected chi connectivity index (χ0v) is 14.0. The lowest BCUT2D eigenvalue weighted by Gasteiger charge is -2.02. The molecule has 1 amide bonds. The van der Waals surface area contributed by atoms with Gasteiger partial charge < -0.3 is 5.32 Å². The average Bonchev–Trinajstić information content (AvgIpc) is 2.95. The molecule has 0 aliphatic heterocycles. The number of carbonyl (C=O) groups excluding carboxylic acids is 1. The van der Waals surface area contributed by atoms with E-state index in [1.165, 1.54) is 21.1 Å². The molecule has 0 atom stereocenters. The Bertz CT molecular complexity index is 599. The van der Waals surface area contributed by atoms with Crippen LogP contribution in [0.4, 0.5) is 0 Å². The lowest BCUT2D eigenvalue weighted by Crippen LogP contribution is -2.25. The highest BCUT2D eigenvalue weighted by atomic mass is 32.1. The molecule has 108 valence electrons. The van der Waals surface area contributed by atoms with Crippen molar-refractivity contribution in [2.45, 2.75) is 40.0 Å². The Morgan fingerprint density at radius 2 is 2.05 bits per heavy atom. The van der Waals surface area contributed by atoms with Crippen LogP contribution in [-0.4, -0.2) is 17.4 Å². The number of nitrogens with zero attached hydrogens (tertiary/aromatic N) is 1. The zero-order valence-electron chi connectivity index (χ0n) is 12.3. The van der Waals surface area contributed by atoms with Crippen molar-refractivity contribution < 1.29 is 4.79 Å². The summed E-state index contributed by atoms with van der Waals surface area (Å²) in [5.74, 6) is 0.370. The van der Waals surface area contributed by atoms with Crippen LogP contribution in [0.1, 0.15) is 49.9 Å². The van der Waals surface area contributed by atoms with Crippen LogP contribution in [-0.2, 0) is 6.42 Å². The van der Waals surface area contributed by atoms with E-state index < -0.39 is 0 Å². The van der Waals surface area contributed by atoms with E-state index in [1.54, 1.807) is 11.3 Å². The number of thiophene rings is 1. The minimum absolute atomic E-state index is 0.000165. The van der Waals surface area contributed by atoms with Crippen LogP contribution in [0.25, 0.3) is 0 Å². The lowest BCUT2D eigenvalue weighted by molar-refractivity contribution is 0.0957. The molecule has 0 bridgehead atoms. The van der Waals surface area contributed by atoms with Gasteiger partial charge in [0.2, 0.25) is 0 Å². The molecule has 0 aliphatic rings. The predicted octanol–water partition coefficient (Wildman–Crippen LogP) is 3.92. The fourth-order valence-electron chi connectivity index (χ4n) is 1.87. The molecule has 2 aromatic rings. The summed E-state index contributed by atoms with van der Waals surface area (Å²) in [7, 11) is 0. The number of amides is 1. The van der Waals surface area contributed by atoms with Gasteiger partial charge in [-0.25, -0.2) is 4.98 Å². The SMILES string of the molecule is Cc1ccc(CCNC(=O)c2sc(C(C)C)nc2C)s1. The first-order valence-corrected chi connectivity index (χ1v) is 8.41. The zero-order chi connectivity index (χ0) is 14.7. The smallest absolute Gasteiger partial charge is 0.263 e. The molecule has 0 saturated carbocycles. The van der Waals surface area contributed by atoms with Crippen LogP contribution < -0.4 is 5.32 Å². The summed E-state index contributed by atoms with van der Waals surface area (Å²) in [4.78, 5) is 20.0. The minimum atomic E-state index is 0.000165. The first-order valence-electron chi connectivity index (χ1n) is 6.78. The van der Waals surface area contributed by atoms with Crippen LogP contribution in [0, 0.1) is 13.8 Å². The number of thiazole rings is 1. The third-order valence-corrected chi connectivity index (χ3v) is 5.48.